The average Bonchev–Trinajstić information content (AvgIpc) is 2.39. The Hall–Kier alpha value is -1.47. The van der Waals surface area contributed by atoms with Crippen LogP contribution in [0.1, 0.15) is 18.4 Å². The van der Waals surface area contributed by atoms with E-state index in [0.29, 0.717) is 24.1 Å². The molecule has 1 aliphatic rings. The summed E-state index contributed by atoms with van der Waals surface area (Å²) >= 11 is 8.38. The van der Waals surface area contributed by atoms with Gasteiger partial charge >= 0.3 is 0 Å². The highest BCUT2D eigenvalue weighted by Crippen LogP contribution is 2.24. The van der Waals surface area contributed by atoms with Gasteiger partial charge in [0.2, 0.25) is 5.91 Å². The molecule has 1 fully saturated rings. The van der Waals surface area contributed by atoms with Crippen LogP contribution in [0.2, 0.25) is 0 Å². The van der Waals surface area contributed by atoms with Crippen molar-refractivity contribution in [3.05, 3.63) is 28.2 Å². The first-order valence-corrected chi connectivity index (χ1v) is 7.26. The van der Waals surface area contributed by atoms with Gasteiger partial charge < -0.3 is 11.1 Å². The van der Waals surface area contributed by atoms with E-state index < -0.39 is 6.04 Å². The number of thiocarbonyl (C=S) groups is 1. The minimum absolute atomic E-state index is 0.156. The van der Waals surface area contributed by atoms with E-state index in [1.807, 2.05) is 12.1 Å². The summed E-state index contributed by atoms with van der Waals surface area (Å²) in [5.74, 6) is -0.396. The van der Waals surface area contributed by atoms with Gasteiger partial charge in [-0.3, -0.25) is 14.5 Å². The molecule has 1 heterocycles. The molecule has 0 spiro atoms. The minimum atomic E-state index is -0.444. The molecular weight excluding hydrogens is 342 g/mol. The quantitative estimate of drug-likeness (QED) is 0.636. The summed E-state index contributed by atoms with van der Waals surface area (Å²) in [6.07, 6.45) is 0.807. The van der Waals surface area contributed by atoms with Crippen LogP contribution in [0.25, 0.3) is 0 Å². The third-order valence-corrected chi connectivity index (χ3v) is 3.94. The van der Waals surface area contributed by atoms with Crippen molar-refractivity contribution in [1.82, 2.24) is 4.90 Å². The summed E-state index contributed by atoms with van der Waals surface area (Å²) in [5.41, 5.74) is 7.04. The van der Waals surface area contributed by atoms with Crippen molar-refractivity contribution >= 4 is 50.6 Å². The number of carbonyl (C=O) groups excluding carboxylic acids is 2. The lowest BCUT2D eigenvalue weighted by atomic mass is 10.0. The number of likely N-dealkylation sites (N-methyl/N-ethyl adjacent to an activating group) is 1. The normalized spacial score (nSPS) is 19.1. The van der Waals surface area contributed by atoms with Crippen molar-refractivity contribution in [3.8, 4) is 0 Å². The third kappa shape index (κ3) is 2.99. The molecule has 1 aromatic carbocycles. The summed E-state index contributed by atoms with van der Waals surface area (Å²) in [6, 6.07) is 4.99. The van der Waals surface area contributed by atoms with Crippen molar-refractivity contribution in [1.29, 1.82) is 0 Å². The van der Waals surface area contributed by atoms with Gasteiger partial charge in [0, 0.05) is 29.2 Å². The molecule has 5 nitrogen and oxygen atoms in total. The van der Waals surface area contributed by atoms with E-state index in [0.717, 1.165) is 9.37 Å². The Kier molecular flexibility index (Phi) is 4.39. The summed E-state index contributed by atoms with van der Waals surface area (Å²) in [4.78, 5) is 24.9. The minimum Gasteiger partial charge on any atom is -0.389 e. The number of amides is 2. The molecule has 1 saturated heterocycles. The number of carbonyl (C=O) groups is 2. The number of nitrogens with two attached hydrogens (primary N) is 1. The lowest BCUT2D eigenvalue weighted by molar-refractivity contribution is -0.146. The van der Waals surface area contributed by atoms with E-state index in [9.17, 15) is 9.59 Å². The second kappa shape index (κ2) is 5.88. The van der Waals surface area contributed by atoms with Crippen LogP contribution in [0.3, 0.4) is 0 Å². The zero-order valence-corrected chi connectivity index (χ0v) is 13.3. The fourth-order valence-electron chi connectivity index (χ4n) is 2.09. The maximum Gasteiger partial charge on any atom is 0.251 e. The van der Waals surface area contributed by atoms with Gasteiger partial charge in [0.05, 0.1) is 0 Å². The van der Waals surface area contributed by atoms with Gasteiger partial charge in [0.1, 0.15) is 11.0 Å². The van der Waals surface area contributed by atoms with Crippen LogP contribution >= 0.6 is 28.1 Å². The van der Waals surface area contributed by atoms with Gasteiger partial charge in [-0.25, -0.2) is 0 Å². The first kappa shape index (κ1) is 14.9. The monoisotopic (exact) mass is 355 g/mol. The van der Waals surface area contributed by atoms with Crippen LogP contribution in [-0.4, -0.2) is 34.8 Å². The molecule has 0 saturated carbocycles. The Bertz CT molecular complexity index is 591. The van der Waals surface area contributed by atoms with Crippen LogP contribution in [0.4, 0.5) is 5.69 Å². The molecule has 3 N–H and O–H groups in total. The summed E-state index contributed by atoms with van der Waals surface area (Å²) in [7, 11) is 1.49. The number of anilines is 1. The molecule has 106 valence electrons. The molecular formula is C13H14BrN3O2S. The lowest BCUT2D eigenvalue weighted by Crippen LogP contribution is -2.48. The predicted molar refractivity (Wildman–Crippen MR) is 84.5 cm³/mol. The zero-order valence-electron chi connectivity index (χ0n) is 10.9. The smallest absolute Gasteiger partial charge is 0.251 e. The van der Waals surface area contributed by atoms with E-state index >= 15 is 0 Å². The lowest BCUT2D eigenvalue weighted by Gasteiger charge is -2.29. The number of nitrogens with zero attached hydrogens (tertiary/aromatic N) is 1. The van der Waals surface area contributed by atoms with Crippen molar-refractivity contribution in [2.24, 2.45) is 5.73 Å². The van der Waals surface area contributed by atoms with Crippen molar-refractivity contribution in [2.75, 3.05) is 12.4 Å². The largest absolute Gasteiger partial charge is 0.389 e. The van der Waals surface area contributed by atoms with Crippen molar-refractivity contribution in [2.45, 2.75) is 18.9 Å². The Morgan fingerprint density at radius 1 is 1.50 bits per heavy atom. The van der Waals surface area contributed by atoms with Crippen LogP contribution in [-0.2, 0) is 9.59 Å². The molecule has 20 heavy (non-hydrogen) atoms. The Morgan fingerprint density at radius 2 is 2.20 bits per heavy atom. The van der Waals surface area contributed by atoms with Gasteiger partial charge in [-0.2, -0.15) is 0 Å². The number of hydrogen-bond donors (Lipinski definition) is 2. The number of likely N-dealkylation sites (tertiary alicyclic amines) is 1. The maximum absolute atomic E-state index is 12.1. The maximum atomic E-state index is 12.1. The molecule has 2 rings (SSSR count). The van der Waals surface area contributed by atoms with E-state index in [1.54, 1.807) is 6.07 Å². The number of piperidine rings is 1. The highest BCUT2D eigenvalue weighted by atomic mass is 79.9. The number of hydrogen-bond acceptors (Lipinski definition) is 4. The number of imide groups is 1. The molecule has 1 unspecified atom stereocenters. The third-order valence-electron chi connectivity index (χ3n) is 3.23. The molecule has 0 radical (unpaired) electrons. The number of benzene rings is 1. The van der Waals surface area contributed by atoms with Crippen LogP contribution in [0, 0.1) is 0 Å². The molecule has 0 aromatic heterocycles. The molecule has 2 amide bonds. The number of nitrogens with one attached hydrogen (secondary N) is 1. The molecule has 1 aliphatic heterocycles. The van der Waals surface area contributed by atoms with Crippen LogP contribution in [0.5, 0.6) is 0 Å². The van der Waals surface area contributed by atoms with Crippen molar-refractivity contribution < 1.29 is 9.59 Å². The highest BCUT2D eigenvalue weighted by molar-refractivity contribution is 9.10. The first-order chi connectivity index (χ1) is 9.40. The zero-order chi connectivity index (χ0) is 14.9. The summed E-state index contributed by atoms with van der Waals surface area (Å²) in [6.45, 7) is 0. The second-order valence-electron chi connectivity index (χ2n) is 4.58. The van der Waals surface area contributed by atoms with Crippen molar-refractivity contribution in [3.63, 3.8) is 0 Å². The van der Waals surface area contributed by atoms with E-state index in [-0.39, 0.29) is 16.8 Å². The second-order valence-corrected chi connectivity index (χ2v) is 5.94. The fraction of sp³-hybridized carbons (Fsp3) is 0.308. The van der Waals surface area contributed by atoms with Gasteiger partial charge in [0.25, 0.3) is 5.91 Å². The molecule has 1 aromatic rings. The summed E-state index contributed by atoms with van der Waals surface area (Å²) in [5, 5.41) is 3.13. The highest BCUT2D eigenvalue weighted by Gasteiger charge is 2.32. The number of rotatable bonds is 3. The topological polar surface area (TPSA) is 75.4 Å². The van der Waals surface area contributed by atoms with E-state index in [4.69, 9.17) is 18.0 Å². The summed E-state index contributed by atoms with van der Waals surface area (Å²) < 4.78 is 0.854. The van der Waals surface area contributed by atoms with E-state index in [2.05, 4.69) is 21.2 Å². The van der Waals surface area contributed by atoms with E-state index in [1.165, 1.54) is 7.05 Å². The number of halogens is 1. The van der Waals surface area contributed by atoms with Crippen LogP contribution in [0.15, 0.2) is 22.7 Å². The molecule has 7 heteroatoms. The molecule has 1 atom stereocenters. The fourth-order valence-corrected chi connectivity index (χ4v) is 2.63. The van der Waals surface area contributed by atoms with Gasteiger partial charge in [-0.1, -0.05) is 28.1 Å². The average molecular weight is 356 g/mol. The molecule has 0 aliphatic carbocycles. The Morgan fingerprint density at radius 3 is 2.85 bits per heavy atom. The Labute approximate surface area is 130 Å². The standard InChI is InChI=1S/C13H14BrN3O2S/c1-17-11(18)5-4-9(13(17)19)16-10-6-7(14)2-3-8(10)12(15)20/h2-3,6,9,16H,4-5H2,1H3,(H2,15,20). The van der Waals surface area contributed by atoms with Gasteiger partial charge in [-0.15, -0.1) is 0 Å². The van der Waals surface area contributed by atoms with Gasteiger partial charge in [0.15, 0.2) is 0 Å². The van der Waals surface area contributed by atoms with Crippen LogP contribution < -0.4 is 11.1 Å². The molecule has 0 bridgehead atoms. The van der Waals surface area contributed by atoms with Gasteiger partial charge in [-0.05, 0) is 24.6 Å². The predicted octanol–water partition coefficient (Wildman–Crippen LogP) is 1.64. The SMILES string of the molecule is CN1C(=O)CCC(Nc2cc(Br)ccc2C(N)=S)C1=O. The first-order valence-electron chi connectivity index (χ1n) is 6.06. The Balaban J connectivity index is 2.26.